The van der Waals surface area contributed by atoms with Crippen molar-refractivity contribution in [2.75, 3.05) is 0 Å². The normalized spacial score (nSPS) is 11.3. The number of nitrogens with zero attached hydrogens (tertiary/aromatic N) is 2. The molecule has 3 nitrogen and oxygen atoms in total. The van der Waals surface area contributed by atoms with Crippen LogP contribution in [0.3, 0.4) is 0 Å². The average molecular weight is 271 g/mol. The largest absolute Gasteiger partial charge is 0.326 e. The molecule has 0 aliphatic rings. The molecule has 0 aliphatic heterocycles. The first-order chi connectivity index (χ1) is 9.17. The van der Waals surface area contributed by atoms with Crippen molar-refractivity contribution in [3.63, 3.8) is 0 Å². The molecule has 4 heteroatoms. The van der Waals surface area contributed by atoms with Gasteiger partial charge < -0.3 is 10.3 Å². The van der Waals surface area contributed by atoms with Gasteiger partial charge in [-0.05, 0) is 49.2 Å². The van der Waals surface area contributed by atoms with E-state index >= 15 is 0 Å². The molecule has 3 rings (SSSR count). The van der Waals surface area contributed by atoms with E-state index in [0.717, 1.165) is 12.1 Å². The van der Waals surface area contributed by atoms with Crippen molar-refractivity contribution in [2.45, 2.75) is 26.9 Å². The van der Waals surface area contributed by atoms with Gasteiger partial charge in [-0.2, -0.15) is 0 Å². The Labute approximate surface area is 116 Å². The molecule has 1 aromatic carbocycles. The first-order valence-electron chi connectivity index (χ1n) is 6.37. The van der Waals surface area contributed by atoms with Gasteiger partial charge in [-0.15, -0.1) is 11.3 Å². The van der Waals surface area contributed by atoms with Crippen molar-refractivity contribution >= 4 is 22.4 Å². The maximum Gasteiger partial charge on any atom is 0.0961 e. The Balaban J connectivity index is 1.98. The summed E-state index contributed by atoms with van der Waals surface area (Å²) >= 11 is 1.77. The topological polar surface area (TPSA) is 43.8 Å². The molecule has 2 heterocycles. The standard InChI is InChI=1S/C15H17N3S/c1-10-5-14-15(6-11(10)2)18(9-17-14)8-13-4-3-12(7-16)19-13/h3-6,9H,7-8,16H2,1-2H3. The number of thiophene rings is 1. The summed E-state index contributed by atoms with van der Waals surface area (Å²) in [5.74, 6) is 0. The van der Waals surface area contributed by atoms with Crippen molar-refractivity contribution in [2.24, 2.45) is 5.73 Å². The minimum absolute atomic E-state index is 0.619. The molecule has 0 fully saturated rings. The lowest BCUT2D eigenvalue weighted by atomic mass is 10.1. The molecule has 2 aromatic heterocycles. The summed E-state index contributed by atoms with van der Waals surface area (Å²) < 4.78 is 2.20. The zero-order valence-electron chi connectivity index (χ0n) is 11.2. The van der Waals surface area contributed by atoms with E-state index in [-0.39, 0.29) is 0 Å². The highest BCUT2D eigenvalue weighted by Gasteiger charge is 2.06. The van der Waals surface area contributed by atoms with Gasteiger partial charge in [-0.3, -0.25) is 0 Å². The van der Waals surface area contributed by atoms with Crippen LogP contribution in [0.15, 0.2) is 30.6 Å². The van der Waals surface area contributed by atoms with Crippen molar-refractivity contribution in [3.8, 4) is 0 Å². The van der Waals surface area contributed by atoms with Crippen LogP contribution in [0.4, 0.5) is 0 Å². The van der Waals surface area contributed by atoms with E-state index in [4.69, 9.17) is 5.73 Å². The lowest BCUT2D eigenvalue weighted by Gasteiger charge is -2.04. The average Bonchev–Trinajstić information content (AvgIpc) is 2.99. The molecule has 3 aromatic rings. The van der Waals surface area contributed by atoms with Crippen LogP contribution in [0, 0.1) is 13.8 Å². The van der Waals surface area contributed by atoms with Gasteiger partial charge in [0.2, 0.25) is 0 Å². The molecule has 0 unspecified atom stereocenters. The molecular weight excluding hydrogens is 254 g/mol. The van der Waals surface area contributed by atoms with E-state index in [0.29, 0.717) is 6.54 Å². The number of imidazole rings is 1. The summed E-state index contributed by atoms with van der Waals surface area (Å²) in [6.07, 6.45) is 1.92. The number of rotatable bonds is 3. The number of fused-ring (bicyclic) bond motifs is 1. The van der Waals surface area contributed by atoms with E-state index in [9.17, 15) is 0 Å². The highest BCUT2D eigenvalue weighted by Crippen LogP contribution is 2.22. The Morgan fingerprint density at radius 2 is 1.89 bits per heavy atom. The highest BCUT2D eigenvalue weighted by atomic mass is 32.1. The molecule has 0 spiro atoms. The third-order valence-electron chi connectivity index (χ3n) is 3.48. The van der Waals surface area contributed by atoms with Gasteiger partial charge >= 0.3 is 0 Å². The molecule has 0 radical (unpaired) electrons. The second kappa shape index (κ2) is 4.79. The van der Waals surface area contributed by atoms with E-state index in [1.54, 1.807) is 11.3 Å². The zero-order chi connectivity index (χ0) is 13.4. The van der Waals surface area contributed by atoms with Crippen molar-refractivity contribution < 1.29 is 0 Å². The smallest absolute Gasteiger partial charge is 0.0961 e. The van der Waals surface area contributed by atoms with Crippen LogP contribution in [0.25, 0.3) is 11.0 Å². The van der Waals surface area contributed by atoms with Gasteiger partial charge in [0, 0.05) is 16.3 Å². The van der Waals surface area contributed by atoms with Crippen molar-refractivity contribution in [1.82, 2.24) is 9.55 Å². The second-order valence-electron chi connectivity index (χ2n) is 4.87. The third kappa shape index (κ3) is 2.29. The number of nitrogens with two attached hydrogens (primary N) is 1. The lowest BCUT2D eigenvalue weighted by Crippen LogP contribution is -1.96. The summed E-state index contributed by atoms with van der Waals surface area (Å²) in [5.41, 5.74) is 10.5. The first kappa shape index (κ1) is 12.4. The fourth-order valence-electron chi connectivity index (χ4n) is 2.22. The number of aromatic nitrogens is 2. The fraction of sp³-hybridized carbons (Fsp3) is 0.267. The SMILES string of the molecule is Cc1cc2ncn(Cc3ccc(CN)s3)c2cc1C. The Bertz CT molecular complexity index is 724. The number of hydrogen-bond acceptors (Lipinski definition) is 3. The van der Waals surface area contributed by atoms with Gasteiger partial charge in [0.25, 0.3) is 0 Å². The van der Waals surface area contributed by atoms with Crippen LogP contribution in [-0.4, -0.2) is 9.55 Å². The van der Waals surface area contributed by atoms with Crippen LogP contribution >= 0.6 is 11.3 Å². The number of aryl methyl sites for hydroxylation is 2. The zero-order valence-corrected chi connectivity index (χ0v) is 12.0. The predicted octanol–water partition coefficient (Wildman–Crippen LogP) is 3.22. The van der Waals surface area contributed by atoms with Gasteiger partial charge in [-0.25, -0.2) is 4.98 Å². The van der Waals surface area contributed by atoms with Crippen molar-refractivity contribution in [3.05, 3.63) is 51.5 Å². The van der Waals surface area contributed by atoms with Crippen LogP contribution in [0.2, 0.25) is 0 Å². The summed E-state index contributed by atoms with van der Waals surface area (Å²) in [6.45, 7) is 5.75. The maximum absolute atomic E-state index is 5.65. The van der Waals surface area contributed by atoms with Crippen molar-refractivity contribution in [1.29, 1.82) is 0 Å². The Morgan fingerprint density at radius 3 is 2.63 bits per heavy atom. The van der Waals surface area contributed by atoms with E-state index in [2.05, 4.69) is 47.7 Å². The molecule has 0 saturated carbocycles. The molecule has 0 amide bonds. The van der Waals surface area contributed by atoms with Gasteiger partial charge in [0.05, 0.1) is 23.9 Å². The Kier molecular flexibility index (Phi) is 3.12. The lowest BCUT2D eigenvalue weighted by molar-refractivity contribution is 0.838. The molecular formula is C15H17N3S. The van der Waals surface area contributed by atoms with Gasteiger partial charge in [-0.1, -0.05) is 0 Å². The van der Waals surface area contributed by atoms with Crippen LogP contribution < -0.4 is 5.73 Å². The fourth-order valence-corrected chi connectivity index (χ4v) is 3.12. The van der Waals surface area contributed by atoms with Crippen LogP contribution in [-0.2, 0) is 13.1 Å². The van der Waals surface area contributed by atoms with Crippen LogP contribution in [0.5, 0.6) is 0 Å². The van der Waals surface area contributed by atoms with Gasteiger partial charge in [0.1, 0.15) is 0 Å². The maximum atomic E-state index is 5.65. The van der Waals surface area contributed by atoms with E-state index in [1.807, 2.05) is 6.33 Å². The summed E-state index contributed by atoms with van der Waals surface area (Å²) in [7, 11) is 0. The Morgan fingerprint density at radius 1 is 1.16 bits per heavy atom. The molecule has 98 valence electrons. The number of benzene rings is 1. The summed E-state index contributed by atoms with van der Waals surface area (Å²) in [6, 6.07) is 8.63. The molecule has 2 N–H and O–H groups in total. The summed E-state index contributed by atoms with van der Waals surface area (Å²) in [4.78, 5) is 7.03. The molecule has 0 aliphatic carbocycles. The van der Waals surface area contributed by atoms with E-state index in [1.165, 1.54) is 26.4 Å². The minimum Gasteiger partial charge on any atom is -0.326 e. The van der Waals surface area contributed by atoms with Gasteiger partial charge in [0.15, 0.2) is 0 Å². The molecule has 19 heavy (non-hydrogen) atoms. The Hall–Kier alpha value is -1.65. The quantitative estimate of drug-likeness (QED) is 0.795. The third-order valence-corrected chi connectivity index (χ3v) is 4.57. The monoisotopic (exact) mass is 271 g/mol. The molecule has 0 bridgehead atoms. The number of hydrogen-bond donors (Lipinski definition) is 1. The molecule has 0 saturated heterocycles. The minimum atomic E-state index is 0.619. The van der Waals surface area contributed by atoms with E-state index < -0.39 is 0 Å². The highest BCUT2D eigenvalue weighted by molar-refractivity contribution is 7.11. The second-order valence-corrected chi connectivity index (χ2v) is 6.12. The summed E-state index contributed by atoms with van der Waals surface area (Å²) in [5, 5.41) is 0. The predicted molar refractivity (Wildman–Crippen MR) is 80.5 cm³/mol. The molecule has 0 atom stereocenters. The van der Waals surface area contributed by atoms with Crippen LogP contribution in [0.1, 0.15) is 20.9 Å². The first-order valence-corrected chi connectivity index (χ1v) is 7.19.